The first-order valence-corrected chi connectivity index (χ1v) is 7.75. The second kappa shape index (κ2) is 6.26. The number of halogens is 1. The summed E-state index contributed by atoms with van der Waals surface area (Å²) >= 11 is 6.56. The highest BCUT2D eigenvalue weighted by Gasteiger charge is 2.05. The van der Waals surface area contributed by atoms with Gasteiger partial charge in [-0.1, -0.05) is 6.07 Å². The van der Waals surface area contributed by atoms with Crippen LogP contribution in [-0.4, -0.2) is 11.6 Å². The molecular weight excluding hydrogens is 332 g/mol. The van der Waals surface area contributed by atoms with Gasteiger partial charge in [0.2, 0.25) is 5.91 Å². The summed E-state index contributed by atoms with van der Waals surface area (Å²) in [5.41, 5.74) is 3.39. The molecule has 0 fully saturated rings. The minimum Gasteiger partial charge on any atom is -0.273 e. The first-order chi connectivity index (χ1) is 8.65. The SMILES string of the molecule is CC(=NNC(=O)Cc1cccs1)c1ccc(Br)s1. The number of rotatable bonds is 4. The van der Waals surface area contributed by atoms with Crippen molar-refractivity contribution >= 4 is 50.2 Å². The number of amides is 1. The topological polar surface area (TPSA) is 41.5 Å². The lowest BCUT2D eigenvalue weighted by Gasteiger charge is -1.99. The van der Waals surface area contributed by atoms with E-state index >= 15 is 0 Å². The Labute approximate surface area is 122 Å². The summed E-state index contributed by atoms with van der Waals surface area (Å²) < 4.78 is 1.05. The summed E-state index contributed by atoms with van der Waals surface area (Å²) in [5, 5.41) is 6.06. The molecule has 0 saturated carbocycles. The van der Waals surface area contributed by atoms with Crippen LogP contribution in [0.15, 0.2) is 38.5 Å². The molecule has 6 heteroatoms. The first kappa shape index (κ1) is 13.5. The molecule has 18 heavy (non-hydrogen) atoms. The summed E-state index contributed by atoms with van der Waals surface area (Å²) in [7, 11) is 0. The highest BCUT2D eigenvalue weighted by atomic mass is 79.9. The van der Waals surface area contributed by atoms with Crippen molar-refractivity contribution in [3.8, 4) is 0 Å². The normalized spacial score (nSPS) is 11.6. The highest BCUT2D eigenvalue weighted by molar-refractivity contribution is 9.11. The molecule has 2 aromatic heterocycles. The molecule has 94 valence electrons. The molecule has 2 heterocycles. The van der Waals surface area contributed by atoms with Gasteiger partial charge in [0.25, 0.3) is 0 Å². The summed E-state index contributed by atoms with van der Waals surface area (Å²) in [5.74, 6) is -0.0904. The van der Waals surface area contributed by atoms with Gasteiger partial charge >= 0.3 is 0 Å². The van der Waals surface area contributed by atoms with Gasteiger partial charge in [-0.2, -0.15) is 5.10 Å². The van der Waals surface area contributed by atoms with E-state index in [0.29, 0.717) is 6.42 Å². The highest BCUT2D eigenvalue weighted by Crippen LogP contribution is 2.22. The molecule has 2 rings (SSSR count). The molecule has 1 amide bonds. The van der Waals surface area contributed by atoms with E-state index in [-0.39, 0.29) is 5.91 Å². The molecule has 3 nitrogen and oxygen atoms in total. The van der Waals surface area contributed by atoms with Gasteiger partial charge < -0.3 is 0 Å². The summed E-state index contributed by atoms with van der Waals surface area (Å²) in [4.78, 5) is 13.7. The lowest BCUT2D eigenvalue weighted by atomic mass is 10.3. The molecular formula is C12H11BrN2OS2. The van der Waals surface area contributed by atoms with Crippen LogP contribution in [0.2, 0.25) is 0 Å². The van der Waals surface area contributed by atoms with Crippen LogP contribution in [0.25, 0.3) is 0 Å². The van der Waals surface area contributed by atoms with Gasteiger partial charge in [-0.15, -0.1) is 22.7 Å². The van der Waals surface area contributed by atoms with E-state index < -0.39 is 0 Å². The third-order valence-corrected chi connectivity index (χ3v) is 4.80. The molecule has 1 N–H and O–H groups in total. The molecule has 0 aliphatic rings. The number of nitrogens with zero attached hydrogens (tertiary/aromatic N) is 1. The van der Waals surface area contributed by atoms with Crippen molar-refractivity contribution in [1.29, 1.82) is 0 Å². The number of nitrogens with one attached hydrogen (secondary N) is 1. The molecule has 0 saturated heterocycles. The second-order valence-corrected chi connectivity index (χ2v) is 7.09. The van der Waals surface area contributed by atoms with Crippen molar-refractivity contribution in [1.82, 2.24) is 5.43 Å². The molecule has 0 aliphatic heterocycles. The Morgan fingerprint density at radius 1 is 1.44 bits per heavy atom. The molecule has 0 bridgehead atoms. The Balaban J connectivity index is 1.92. The Kier molecular flexibility index (Phi) is 4.68. The number of hydrazone groups is 1. The monoisotopic (exact) mass is 342 g/mol. The van der Waals surface area contributed by atoms with Gasteiger partial charge in [-0.25, -0.2) is 5.43 Å². The quantitative estimate of drug-likeness (QED) is 0.668. The van der Waals surface area contributed by atoms with Gasteiger partial charge in [0.05, 0.1) is 20.8 Å². The summed E-state index contributed by atoms with van der Waals surface area (Å²) in [6, 6.07) is 7.81. The van der Waals surface area contributed by atoms with Crippen LogP contribution in [0, 0.1) is 0 Å². The van der Waals surface area contributed by atoms with Gasteiger partial charge in [0.15, 0.2) is 0 Å². The molecule has 0 aliphatic carbocycles. The Bertz CT molecular complexity index is 560. The third kappa shape index (κ3) is 3.76. The van der Waals surface area contributed by atoms with Crippen molar-refractivity contribution in [2.75, 3.05) is 0 Å². The van der Waals surface area contributed by atoms with Crippen LogP contribution < -0.4 is 5.43 Å². The van der Waals surface area contributed by atoms with Crippen LogP contribution >= 0.6 is 38.6 Å². The van der Waals surface area contributed by atoms with Crippen LogP contribution in [0.5, 0.6) is 0 Å². The Morgan fingerprint density at radius 3 is 2.89 bits per heavy atom. The maximum atomic E-state index is 11.6. The number of hydrogen-bond donors (Lipinski definition) is 1. The van der Waals surface area contributed by atoms with E-state index in [4.69, 9.17) is 0 Å². The van der Waals surface area contributed by atoms with Crippen molar-refractivity contribution in [2.24, 2.45) is 5.10 Å². The predicted molar refractivity (Wildman–Crippen MR) is 80.4 cm³/mol. The van der Waals surface area contributed by atoms with Crippen molar-refractivity contribution in [2.45, 2.75) is 13.3 Å². The van der Waals surface area contributed by atoms with E-state index in [9.17, 15) is 4.79 Å². The third-order valence-electron chi connectivity index (χ3n) is 2.19. The second-order valence-electron chi connectivity index (χ2n) is 3.59. The van der Waals surface area contributed by atoms with Crippen LogP contribution in [0.3, 0.4) is 0 Å². The number of hydrogen-bond acceptors (Lipinski definition) is 4. The molecule has 0 spiro atoms. The molecule has 2 aromatic rings. The minimum absolute atomic E-state index is 0.0904. The zero-order valence-electron chi connectivity index (χ0n) is 9.64. The largest absolute Gasteiger partial charge is 0.273 e. The van der Waals surface area contributed by atoms with E-state index in [1.165, 1.54) is 0 Å². The summed E-state index contributed by atoms with van der Waals surface area (Å²) in [6.07, 6.45) is 0.378. The molecule has 0 radical (unpaired) electrons. The van der Waals surface area contributed by atoms with Crippen molar-refractivity contribution < 1.29 is 4.79 Å². The Morgan fingerprint density at radius 2 is 2.28 bits per heavy atom. The Hall–Kier alpha value is -0.980. The van der Waals surface area contributed by atoms with Crippen LogP contribution in [0.1, 0.15) is 16.7 Å². The van der Waals surface area contributed by atoms with E-state index in [2.05, 4.69) is 26.5 Å². The standard InChI is InChI=1S/C12H11BrN2OS2/c1-8(10-4-5-11(13)18-10)14-15-12(16)7-9-3-2-6-17-9/h2-6H,7H2,1H3,(H,15,16). The fourth-order valence-electron chi connectivity index (χ4n) is 1.32. The van der Waals surface area contributed by atoms with Gasteiger partial charge in [-0.05, 0) is 46.4 Å². The van der Waals surface area contributed by atoms with E-state index in [1.54, 1.807) is 22.7 Å². The number of carbonyl (C=O) groups is 1. The van der Waals surface area contributed by atoms with Crippen molar-refractivity contribution in [3.63, 3.8) is 0 Å². The lowest BCUT2D eigenvalue weighted by Crippen LogP contribution is -2.20. The van der Waals surface area contributed by atoms with Crippen LogP contribution in [-0.2, 0) is 11.2 Å². The smallest absolute Gasteiger partial charge is 0.245 e. The van der Waals surface area contributed by atoms with Gasteiger partial charge in [0, 0.05) is 4.88 Å². The van der Waals surface area contributed by atoms with Gasteiger partial charge in [0.1, 0.15) is 0 Å². The maximum Gasteiger partial charge on any atom is 0.245 e. The van der Waals surface area contributed by atoms with Crippen LogP contribution in [0.4, 0.5) is 0 Å². The van der Waals surface area contributed by atoms with Crippen molar-refractivity contribution in [3.05, 3.63) is 43.2 Å². The minimum atomic E-state index is -0.0904. The maximum absolute atomic E-state index is 11.6. The predicted octanol–water partition coefficient (Wildman–Crippen LogP) is 3.66. The zero-order chi connectivity index (χ0) is 13.0. The fraction of sp³-hybridized carbons (Fsp3) is 0.167. The first-order valence-electron chi connectivity index (χ1n) is 5.26. The van der Waals surface area contributed by atoms with E-state index in [1.807, 2.05) is 36.6 Å². The molecule has 0 unspecified atom stereocenters. The average Bonchev–Trinajstić information content (AvgIpc) is 2.97. The average molecular weight is 343 g/mol. The number of carbonyl (C=O) groups excluding carboxylic acids is 1. The zero-order valence-corrected chi connectivity index (χ0v) is 12.9. The number of thiophene rings is 2. The summed E-state index contributed by atoms with van der Waals surface area (Å²) in [6.45, 7) is 1.88. The van der Waals surface area contributed by atoms with E-state index in [0.717, 1.165) is 19.3 Å². The molecule has 0 aromatic carbocycles. The lowest BCUT2D eigenvalue weighted by molar-refractivity contribution is -0.120. The molecule has 0 atom stereocenters. The van der Waals surface area contributed by atoms with Gasteiger partial charge in [-0.3, -0.25) is 4.79 Å². The fourth-order valence-corrected chi connectivity index (χ4v) is 3.36.